The van der Waals surface area contributed by atoms with Crippen molar-refractivity contribution in [2.24, 2.45) is 5.11 Å². The summed E-state index contributed by atoms with van der Waals surface area (Å²) >= 11 is 0. The standard InChI is InChI=1S/C14H18F2N4O10/c1-5(21)28-4-8(24)10(29-6(2)22)11(30-7(3)23)9(25)12(26)18-13(27)14(15,16)19-20-17/h8-11,24-25H,4H2,1-3H3,(H,18,26,27)/t8-,9-,10+,11-/m1/s1. The maximum Gasteiger partial charge on any atom is 0.402 e. The Balaban J connectivity index is 5.76. The summed E-state index contributed by atoms with van der Waals surface area (Å²) in [6.07, 6.45) is -8.85. The summed E-state index contributed by atoms with van der Waals surface area (Å²) in [5.41, 5.74) is 7.98. The molecule has 14 nitrogen and oxygen atoms in total. The van der Waals surface area contributed by atoms with E-state index in [0.29, 0.717) is 0 Å². The first kappa shape index (κ1) is 26.6. The number of hydrogen-bond donors (Lipinski definition) is 3. The quantitative estimate of drug-likeness (QED) is 0.0909. The maximum absolute atomic E-state index is 13.2. The van der Waals surface area contributed by atoms with E-state index >= 15 is 0 Å². The van der Waals surface area contributed by atoms with Gasteiger partial charge < -0.3 is 24.4 Å². The molecule has 0 saturated heterocycles. The minimum Gasteiger partial charge on any atom is -0.463 e. The molecule has 0 aromatic rings. The van der Waals surface area contributed by atoms with Crippen LogP contribution in [0.5, 0.6) is 0 Å². The number of nitrogens with one attached hydrogen (secondary N) is 1. The third-order valence-electron chi connectivity index (χ3n) is 3.02. The summed E-state index contributed by atoms with van der Waals surface area (Å²) in [6.45, 7) is 1.76. The number of amides is 2. The second-order valence-electron chi connectivity index (χ2n) is 5.51. The minimum atomic E-state index is -4.70. The number of imide groups is 1. The number of rotatable bonds is 10. The monoisotopic (exact) mass is 440 g/mol. The highest BCUT2D eigenvalue weighted by atomic mass is 19.3. The maximum atomic E-state index is 13.2. The fourth-order valence-corrected chi connectivity index (χ4v) is 1.87. The average Bonchev–Trinajstić information content (AvgIpc) is 2.61. The molecule has 0 radical (unpaired) electrons. The van der Waals surface area contributed by atoms with E-state index in [2.05, 4.69) is 9.47 Å². The number of nitrogens with zero attached hydrogens (tertiary/aromatic N) is 3. The number of carbonyl (C=O) groups excluding carboxylic acids is 5. The van der Waals surface area contributed by atoms with Crippen molar-refractivity contribution in [3.63, 3.8) is 0 Å². The van der Waals surface area contributed by atoms with Gasteiger partial charge >= 0.3 is 29.9 Å². The van der Waals surface area contributed by atoms with Crippen LogP contribution in [0.4, 0.5) is 8.78 Å². The van der Waals surface area contributed by atoms with E-state index in [9.17, 15) is 43.0 Å². The van der Waals surface area contributed by atoms with Gasteiger partial charge in [-0.05, 0) is 10.6 Å². The van der Waals surface area contributed by atoms with E-state index in [1.54, 1.807) is 4.91 Å². The molecule has 0 heterocycles. The van der Waals surface area contributed by atoms with Gasteiger partial charge in [-0.15, -0.1) is 0 Å². The Morgan fingerprint density at radius 1 is 1.03 bits per heavy atom. The smallest absolute Gasteiger partial charge is 0.402 e. The third-order valence-corrected chi connectivity index (χ3v) is 3.02. The second-order valence-corrected chi connectivity index (χ2v) is 5.51. The van der Waals surface area contributed by atoms with Crippen molar-refractivity contribution in [2.75, 3.05) is 6.61 Å². The van der Waals surface area contributed by atoms with E-state index < -0.39 is 66.8 Å². The highest BCUT2D eigenvalue weighted by molar-refractivity contribution is 6.00. The zero-order valence-corrected chi connectivity index (χ0v) is 15.8. The predicted octanol–water partition coefficient (Wildman–Crippen LogP) is -1.32. The summed E-state index contributed by atoms with van der Waals surface area (Å²) in [4.78, 5) is 58.5. The van der Waals surface area contributed by atoms with Crippen LogP contribution >= 0.6 is 0 Å². The van der Waals surface area contributed by atoms with Crippen LogP contribution in [0.2, 0.25) is 0 Å². The van der Waals surface area contributed by atoms with Gasteiger partial charge in [-0.1, -0.05) is 0 Å². The number of ether oxygens (including phenoxy) is 3. The summed E-state index contributed by atoms with van der Waals surface area (Å²) < 4.78 is 40.2. The molecule has 0 fully saturated rings. The molecular formula is C14H18F2N4O10. The lowest BCUT2D eigenvalue weighted by Gasteiger charge is -2.31. The van der Waals surface area contributed by atoms with E-state index in [0.717, 1.165) is 26.1 Å². The van der Waals surface area contributed by atoms with Gasteiger partial charge in [0, 0.05) is 25.7 Å². The summed E-state index contributed by atoms with van der Waals surface area (Å²) in [6, 6.07) is -4.70. The van der Waals surface area contributed by atoms with Gasteiger partial charge in [-0.2, -0.15) is 8.78 Å². The Labute approximate surface area is 166 Å². The van der Waals surface area contributed by atoms with Crippen molar-refractivity contribution in [1.82, 2.24) is 5.32 Å². The lowest BCUT2D eigenvalue weighted by Crippen LogP contribution is -2.56. The molecule has 0 unspecified atom stereocenters. The molecule has 30 heavy (non-hydrogen) atoms. The van der Waals surface area contributed by atoms with Crippen LogP contribution in [0.15, 0.2) is 5.11 Å². The molecule has 2 amide bonds. The summed E-state index contributed by atoms with van der Waals surface area (Å²) in [5, 5.41) is 23.0. The van der Waals surface area contributed by atoms with Crippen LogP contribution in [-0.2, 0) is 38.2 Å². The van der Waals surface area contributed by atoms with Gasteiger partial charge in [0.25, 0.3) is 5.91 Å². The normalized spacial score (nSPS) is 14.8. The minimum absolute atomic E-state index is 0.793. The first-order valence-corrected chi connectivity index (χ1v) is 7.86. The SMILES string of the molecule is CC(=O)OC[C@@H](O)[C@H](OC(C)=O)[C@H](OC(C)=O)[C@@H](O)C(=O)NC(=O)C(F)(F)N=[N+]=[N-]. The number of halogens is 2. The van der Waals surface area contributed by atoms with Crippen LogP contribution < -0.4 is 5.32 Å². The number of hydrogen-bond acceptors (Lipinski definition) is 11. The molecule has 168 valence electrons. The molecular weight excluding hydrogens is 422 g/mol. The molecule has 16 heteroatoms. The Bertz CT molecular complexity index is 740. The van der Waals surface area contributed by atoms with Crippen LogP contribution in [0.25, 0.3) is 10.4 Å². The van der Waals surface area contributed by atoms with Crippen LogP contribution in [0.1, 0.15) is 20.8 Å². The first-order valence-electron chi connectivity index (χ1n) is 7.86. The molecule has 4 atom stereocenters. The lowest BCUT2D eigenvalue weighted by atomic mass is 10.0. The Hall–Kier alpha value is -3.36. The number of azide groups is 1. The van der Waals surface area contributed by atoms with Crippen molar-refractivity contribution in [3.8, 4) is 0 Å². The molecule has 0 aliphatic heterocycles. The van der Waals surface area contributed by atoms with Crippen LogP contribution in [0.3, 0.4) is 0 Å². The topological polar surface area (TPSA) is 214 Å². The van der Waals surface area contributed by atoms with Gasteiger partial charge in [0.2, 0.25) is 0 Å². The Morgan fingerprint density at radius 2 is 1.53 bits per heavy atom. The number of alkyl halides is 2. The molecule has 0 bridgehead atoms. The fourth-order valence-electron chi connectivity index (χ4n) is 1.87. The molecule has 0 spiro atoms. The molecule has 0 rings (SSSR count). The van der Waals surface area contributed by atoms with E-state index in [4.69, 9.17) is 10.3 Å². The van der Waals surface area contributed by atoms with Gasteiger partial charge in [0.15, 0.2) is 18.3 Å². The number of esters is 3. The average molecular weight is 440 g/mol. The van der Waals surface area contributed by atoms with Crippen LogP contribution in [0, 0.1) is 0 Å². The molecule has 0 saturated carbocycles. The van der Waals surface area contributed by atoms with Gasteiger partial charge in [-0.25, -0.2) is 0 Å². The Morgan fingerprint density at radius 3 is 1.97 bits per heavy atom. The second kappa shape index (κ2) is 11.6. The van der Waals surface area contributed by atoms with Crippen molar-refractivity contribution >= 4 is 29.7 Å². The van der Waals surface area contributed by atoms with Crippen LogP contribution in [-0.4, -0.2) is 77.0 Å². The zero-order chi connectivity index (χ0) is 23.6. The van der Waals surface area contributed by atoms with E-state index in [1.165, 1.54) is 0 Å². The zero-order valence-electron chi connectivity index (χ0n) is 15.8. The molecule has 0 aliphatic rings. The van der Waals surface area contributed by atoms with Gasteiger partial charge in [0.1, 0.15) is 12.7 Å². The lowest BCUT2D eigenvalue weighted by molar-refractivity contribution is -0.192. The number of carbonyl (C=O) groups is 5. The number of aliphatic hydroxyl groups is 2. The number of aliphatic hydroxyl groups excluding tert-OH is 2. The van der Waals surface area contributed by atoms with Gasteiger partial charge in [-0.3, -0.25) is 29.3 Å². The van der Waals surface area contributed by atoms with Crippen molar-refractivity contribution < 1.29 is 57.2 Å². The van der Waals surface area contributed by atoms with Crippen molar-refractivity contribution in [2.45, 2.75) is 51.2 Å². The van der Waals surface area contributed by atoms with Gasteiger partial charge in [0.05, 0.1) is 0 Å². The summed E-state index contributed by atoms with van der Waals surface area (Å²) in [5.74, 6) is -7.44. The van der Waals surface area contributed by atoms with E-state index in [1.807, 2.05) is 5.11 Å². The molecule has 0 aromatic heterocycles. The highest BCUT2D eigenvalue weighted by Crippen LogP contribution is 2.18. The molecule has 0 aromatic carbocycles. The van der Waals surface area contributed by atoms with E-state index in [-0.39, 0.29) is 0 Å². The Kier molecular flexibility index (Phi) is 10.3. The predicted molar refractivity (Wildman–Crippen MR) is 87.0 cm³/mol. The van der Waals surface area contributed by atoms with Crippen molar-refractivity contribution in [3.05, 3.63) is 10.4 Å². The summed E-state index contributed by atoms with van der Waals surface area (Å²) in [7, 11) is 0. The molecule has 3 N–H and O–H groups in total. The first-order chi connectivity index (χ1) is 13.7. The van der Waals surface area contributed by atoms with Crippen molar-refractivity contribution in [1.29, 1.82) is 0 Å². The highest BCUT2D eigenvalue weighted by Gasteiger charge is 2.45. The largest absolute Gasteiger partial charge is 0.463 e. The molecule has 0 aliphatic carbocycles. The third kappa shape index (κ3) is 8.76. The fraction of sp³-hybridized carbons (Fsp3) is 0.643.